The van der Waals surface area contributed by atoms with Gasteiger partial charge in [0, 0.05) is 6.04 Å². The van der Waals surface area contributed by atoms with Crippen molar-refractivity contribution in [2.24, 2.45) is 35.4 Å². The van der Waals surface area contributed by atoms with Crippen LogP contribution >= 0.6 is 0 Å². The number of hydrazine groups is 1. The first-order valence-electron chi connectivity index (χ1n) is 8.83. The molecule has 2 nitrogen and oxygen atoms in total. The van der Waals surface area contributed by atoms with E-state index >= 15 is 0 Å². The van der Waals surface area contributed by atoms with Gasteiger partial charge in [-0.3, -0.25) is 11.3 Å². The van der Waals surface area contributed by atoms with Crippen molar-refractivity contribution in [2.75, 3.05) is 0 Å². The highest BCUT2D eigenvalue weighted by molar-refractivity contribution is 5.26. The summed E-state index contributed by atoms with van der Waals surface area (Å²) in [4.78, 5) is 0. The minimum Gasteiger partial charge on any atom is -0.271 e. The van der Waals surface area contributed by atoms with Gasteiger partial charge in [-0.15, -0.1) is 0 Å². The Morgan fingerprint density at radius 2 is 1.57 bits per heavy atom. The molecule has 3 N–H and O–H groups in total. The Balaban J connectivity index is 1.60. The fourth-order valence-corrected chi connectivity index (χ4v) is 5.90. The third-order valence-corrected chi connectivity index (χ3v) is 6.61. The van der Waals surface area contributed by atoms with E-state index in [1.54, 1.807) is 0 Å². The zero-order chi connectivity index (χ0) is 14.4. The molecule has 114 valence electrons. The Hall–Kier alpha value is -0.860. The highest BCUT2D eigenvalue weighted by atomic mass is 15.2. The van der Waals surface area contributed by atoms with Crippen LogP contribution in [0, 0.1) is 29.6 Å². The predicted molar refractivity (Wildman–Crippen MR) is 86.4 cm³/mol. The molecular weight excluding hydrogens is 256 g/mol. The number of nitrogens with two attached hydrogens (primary N) is 1. The van der Waals surface area contributed by atoms with Crippen LogP contribution in [0.2, 0.25) is 0 Å². The van der Waals surface area contributed by atoms with E-state index in [9.17, 15) is 0 Å². The van der Waals surface area contributed by atoms with E-state index in [1.165, 1.54) is 43.2 Å². The van der Waals surface area contributed by atoms with Crippen LogP contribution in [0.15, 0.2) is 24.3 Å². The van der Waals surface area contributed by atoms with Crippen molar-refractivity contribution in [3.63, 3.8) is 0 Å². The lowest BCUT2D eigenvalue weighted by molar-refractivity contribution is -0.0525. The maximum absolute atomic E-state index is 6.01. The molecule has 4 aliphatic rings. The molecular formula is C19H28N2. The number of rotatable bonds is 4. The smallest absolute Gasteiger partial charge is 0.0493 e. The van der Waals surface area contributed by atoms with E-state index in [-0.39, 0.29) is 0 Å². The molecule has 5 rings (SSSR count). The predicted octanol–water partition coefficient (Wildman–Crippen LogP) is 3.83. The maximum atomic E-state index is 6.01. The first kappa shape index (κ1) is 13.8. The molecule has 4 fully saturated rings. The molecule has 0 saturated heterocycles. The SMILES string of the molecule is CCc1ccc(C(NN)C2C3CC4CC(C3)CC2C4)cc1. The molecule has 1 aromatic carbocycles. The lowest BCUT2D eigenvalue weighted by Gasteiger charge is -2.56. The number of hydrogen-bond donors (Lipinski definition) is 2. The monoisotopic (exact) mass is 284 g/mol. The van der Waals surface area contributed by atoms with Crippen molar-refractivity contribution in [1.29, 1.82) is 0 Å². The molecule has 0 spiro atoms. The number of nitrogens with one attached hydrogen (secondary N) is 1. The van der Waals surface area contributed by atoms with Crippen molar-refractivity contribution in [2.45, 2.75) is 51.5 Å². The highest BCUT2D eigenvalue weighted by Gasteiger charge is 2.50. The van der Waals surface area contributed by atoms with E-state index in [0.717, 1.165) is 36.0 Å². The van der Waals surface area contributed by atoms with E-state index in [1.807, 2.05) is 0 Å². The van der Waals surface area contributed by atoms with Gasteiger partial charge in [0.25, 0.3) is 0 Å². The quantitative estimate of drug-likeness (QED) is 0.651. The molecule has 21 heavy (non-hydrogen) atoms. The molecule has 0 heterocycles. The fourth-order valence-electron chi connectivity index (χ4n) is 5.90. The third kappa shape index (κ3) is 2.33. The van der Waals surface area contributed by atoms with Gasteiger partial charge in [0.05, 0.1) is 0 Å². The van der Waals surface area contributed by atoms with Crippen LogP contribution in [0.25, 0.3) is 0 Å². The molecule has 1 atom stereocenters. The summed E-state index contributed by atoms with van der Waals surface area (Å²) in [7, 11) is 0. The van der Waals surface area contributed by atoms with Crippen molar-refractivity contribution >= 4 is 0 Å². The Morgan fingerprint density at radius 3 is 2.05 bits per heavy atom. The normalized spacial score (nSPS) is 38.7. The van der Waals surface area contributed by atoms with Gasteiger partial charge in [0.2, 0.25) is 0 Å². The second kappa shape index (κ2) is 5.40. The summed E-state index contributed by atoms with van der Waals surface area (Å²) in [6, 6.07) is 9.50. The topological polar surface area (TPSA) is 38.0 Å². The molecule has 4 aliphatic carbocycles. The molecule has 0 amide bonds. The van der Waals surface area contributed by atoms with Crippen LogP contribution in [0.4, 0.5) is 0 Å². The summed E-state index contributed by atoms with van der Waals surface area (Å²) in [5, 5.41) is 0. The van der Waals surface area contributed by atoms with Crippen LogP contribution < -0.4 is 11.3 Å². The minimum atomic E-state index is 0.353. The summed E-state index contributed by atoms with van der Waals surface area (Å²) >= 11 is 0. The van der Waals surface area contributed by atoms with Gasteiger partial charge in [0.1, 0.15) is 0 Å². The number of benzene rings is 1. The third-order valence-electron chi connectivity index (χ3n) is 6.61. The summed E-state index contributed by atoms with van der Waals surface area (Å²) in [5.41, 5.74) is 6.00. The Kier molecular flexibility index (Phi) is 3.55. The zero-order valence-corrected chi connectivity index (χ0v) is 13.1. The number of aryl methyl sites for hydroxylation is 1. The average molecular weight is 284 g/mol. The van der Waals surface area contributed by atoms with Crippen molar-refractivity contribution in [1.82, 2.24) is 5.43 Å². The number of hydrogen-bond acceptors (Lipinski definition) is 2. The molecule has 4 saturated carbocycles. The van der Waals surface area contributed by atoms with Crippen LogP contribution in [-0.2, 0) is 6.42 Å². The van der Waals surface area contributed by atoms with Gasteiger partial charge in [-0.1, -0.05) is 31.2 Å². The second-order valence-electron chi connectivity index (χ2n) is 7.75. The van der Waals surface area contributed by atoms with E-state index in [0.29, 0.717) is 6.04 Å². The Morgan fingerprint density at radius 1 is 1.00 bits per heavy atom. The van der Waals surface area contributed by atoms with Gasteiger partial charge < -0.3 is 0 Å². The average Bonchev–Trinajstić information content (AvgIpc) is 2.50. The standard InChI is InChI=1S/C19H28N2/c1-2-12-3-5-15(6-4-12)19(21-20)18-16-8-13-7-14(10-16)11-17(18)9-13/h3-6,13-14,16-19,21H,2,7-11,20H2,1H3. The van der Waals surface area contributed by atoms with E-state index < -0.39 is 0 Å². The van der Waals surface area contributed by atoms with E-state index in [2.05, 4.69) is 36.6 Å². The second-order valence-corrected chi connectivity index (χ2v) is 7.75. The van der Waals surface area contributed by atoms with Crippen molar-refractivity contribution in [3.8, 4) is 0 Å². The molecule has 4 bridgehead atoms. The van der Waals surface area contributed by atoms with Gasteiger partial charge >= 0.3 is 0 Å². The zero-order valence-electron chi connectivity index (χ0n) is 13.1. The van der Waals surface area contributed by atoms with Crippen LogP contribution in [0.1, 0.15) is 56.2 Å². The molecule has 1 aromatic rings. The lowest BCUT2D eigenvalue weighted by Crippen LogP contribution is -2.50. The summed E-state index contributed by atoms with van der Waals surface area (Å²) in [6.07, 6.45) is 8.47. The molecule has 0 aliphatic heterocycles. The van der Waals surface area contributed by atoms with Gasteiger partial charge in [-0.2, -0.15) is 0 Å². The summed E-state index contributed by atoms with van der Waals surface area (Å²) in [5.74, 6) is 10.6. The summed E-state index contributed by atoms with van der Waals surface area (Å²) in [6.45, 7) is 2.21. The molecule has 2 heteroatoms. The first-order chi connectivity index (χ1) is 10.3. The van der Waals surface area contributed by atoms with Gasteiger partial charge in [-0.05, 0) is 79.2 Å². The Bertz CT molecular complexity index is 465. The Labute approximate surface area is 128 Å². The largest absolute Gasteiger partial charge is 0.271 e. The van der Waals surface area contributed by atoms with Crippen LogP contribution in [-0.4, -0.2) is 0 Å². The first-order valence-corrected chi connectivity index (χ1v) is 8.83. The van der Waals surface area contributed by atoms with Crippen molar-refractivity contribution in [3.05, 3.63) is 35.4 Å². The molecule has 1 unspecified atom stereocenters. The maximum Gasteiger partial charge on any atom is 0.0493 e. The summed E-state index contributed by atoms with van der Waals surface area (Å²) < 4.78 is 0. The van der Waals surface area contributed by atoms with Gasteiger partial charge in [0.15, 0.2) is 0 Å². The lowest BCUT2D eigenvalue weighted by atomic mass is 9.50. The molecule has 0 aromatic heterocycles. The van der Waals surface area contributed by atoms with Gasteiger partial charge in [-0.25, -0.2) is 0 Å². The fraction of sp³-hybridized carbons (Fsp3) is 0.684. The van der Waals surface area contributed by atoms with E-state index in [4.69, 9.17) is 5.84 Å². The highest BCUT2D eigenvalue weighted by Crippen LogP contribution is 2.59. The van der Waals surface area contributed by atoms with Crippen molar-refractivity contribution < 1.29 is 0 Å². The van der Waals surface area contributed by atoms with Crippen LogP contribution in [0.5, 0.6) is 0 Å². The van der Waals surface area contributed by atoms with Crippen LogP contribution in [0.3, 0.4) is 0 Å². The minimum absolute atomic E-state index is 0.353. The molecule has 0 radical (unpaired) electrons.